The molecule has 100 valence electrons. The Hall–Kier alpha value is -1.92. The average molecular weight is 284 g/mol. The van der Waals surface area contributed by atoms with E-state index in [-0.39, 0.29) is 12.0 Å². The number of carbonyl (C=O) groups excluding carboxylic acids is 3. The quantitative estimate of drug-likeness (QED) is 0.649. The van der Waals surface area contributed by atoms with E-state index in [1.807, 2.05) is 0 Å². The van der Waals surface area contributed by atoms with Crippen LogP contribution in [0.25, 0.3) is 0 Å². The minimum atomic E-state index is -1.45. The van der Waals surface area contributed by atoms with Gasteiger partial charge in [-0.3, -0.25) is 9.59 Å². The third-order valence-corrected chi connectivity index (χ3v) is 2.91. The van der Waals surface area contributed by atoms with Gasteiger partial charge in [-0.15, -0.1) is 11.6 Å². The average Bonchev–Trinajstić information content (AvgIpc) is 2.65. The molecule has 0 radical (unpaired) electrons. The maximum atomic E-state index is 11.7. The van der Waals surface area contributed by atoms with E-state index in [9.17, 15) is 19.5 Å². The first kappa shape index (κ1) is 13.5. The van der Waals surface area contributed by atoms with Gasteiger partial charge in [-0.05, 0) is 17.7 Å². The molecule has 1 fully saturated rings. The number of hydrogen-bond donors (Lipinski definition) is 1. The lowest BCUT2D eigenvalue weighted by atomic mass is 10.1. The van der Waals surface area contributed by atoms with E-state index in [0.29, 0.717) is 10.9 Å². The number of alkyl halides is 1. The first-order valence-corrected chi connectivity index (χ1v) is 5.98. The molecule has 1 aliphatic heterocycles. The molecule has 1 unspecified atom stereocenters. The van der Waals surface area contributed by atoms with E-state index in [1.165, 1.54) is 12.1 Å². The van der Waals surface area contributed by atoms with Crippen molar-refractivity contribution in [1.29, 1.82) is 0 Å². The van der Waals surface area contributed by atoms with Crippen molar-refractivity contribution in [3.8, 4) is 0 Å². The molecule has 0 aromatic heterocycles. The summed E-state index contributed by atoms with van der Waals surface area (Å²) in [5.74, 6) is -2.22. The Bertz CT molecular complexity index is 527. The van der Waals surface area contributed by atoms with Crippen molar-refractivity contribution in [2.75, 3.05) is 0 Å². The highest BCUT2D eigenvalue weighted by atomic mass is 35.5. The smallest absolute Gasteiger partial charge is 0.363 e. The number of imide groups is 1. The maximum absolute atomic E-state index is 11.7. The highest BCUT2D eigenvalue weighted by molar-refractivity contribution is 6.17. The number of halogens is 1. The van der Waals surface area contributed by atoms with Gasteiger partial charge in [0.05, 0.1) is 12.0 Å². The molecule has 1 N–H and O–H groups in total. The standard InChI is InChI=1S/C12H10ClNO5/c13-6-7-1-3-8(4-2-7)12(18)19-14-10(16)5-9(15)11(14)17/h1-4,9,15H,5-6H2. The van der Waals surface area contributed by atoms with Gasteiger partial charge in [-0.2, -0.15) is 0 Å². The fourth-order valence-electron chi connectivity index (χ4n) is 1.56. The van der Waals surface area contributed by atoms with Crippen LogP contribution in [0.15, 0.2) is 24.3 Å². The molecular weight excluding hydrogens is 274 g/mol. The SMILES string of the molecule is O=C(ON1C(=O)CC(O)C1=O)c1ccc(CCl)cc1. The molecule has 0 bridgehead atoms. The predicted molar refractivity (Wildman–Crippen MR) is 63.9 cm³/mol. The zero-order valence-electron chi connectivity index (χ0n) is 9.71. The molecule has 6 nitrogen and oxygen atoms in total. The van der Waals surface area contributed by atoms with Gasteiger partial charge in [-0.25, -0.2) is 4.79 Å². The van der Waals surface area contributed by atoms with Crippen LogP contribution in [-0.4, -0.2) is 34.1 Å². The lowest BCUT2D eigenvalue weighted by molar-refractivity contribution is -0.175. The van der Waals surface area contributed by atoms with Crippen molar-refractivity contribution in [3.05, 3.63) is 35.4 Å². The van der Waals surface area contributed by atoms with E-state index in [4.69, 9.17) is 11.6 Å². The second kappa shape index (κ2) is 5.38. The molecule has 1 saturated heterocycles. The maximum Gasteiger partial charge on any atom is 0.363 e. The summed E-state index contributed by atoms with van der Waals surface area (Å²) in [6.45, 7) is 0. The Morgan fingerprint density at radius 1 is 1.37 bits per heavy atom. The number of amides is 2. The Morgan fingerprint density at radius 2 is 2.00 bits per heavy atom. The number of benzene rings is 1. The van der Waals surface area contributed by atoms with Crippen molar-refractivity contribution in [2.45, 2.75) is 18.4 Å². The fourth-order valence-corrected chi connectivity index (χ4v) is 1.73. The zero-order chi connectivity index (χ0) is 14.0. The summed E-state index contributed by atoms with van der Waals surface area (Å²) in [5, 5.41) is 9.47. The van der Waals surface area contributed by atoms with Crippen LogP contribution in [0.2, 0.25) is 0 Å². The predicted octanol–water partition coefficient (Wildman–Crippen LogP) is 0.617. The number of aliphatic hydroxyl groups is 1. The molecule has 7 heteroatoms. The van der Waals surface area contributed by atoms with Crippen molar-refractivity contribution < 1.29 is 24.3 Å². The Morgan fingerprint density at radius 3 is 2.47 bits per heavy atom. The fraction of sp³-hybridized carbons (Fsp3) is 0.250. The summed E-state index contributed by atoms with van der Waals surface area (Å²) < 4.78 is 0. The van der Waals surface area contributed by atoms with Gasteiger partial charge in [0.2, 0.25) is 0 Å². The number of hydrogen-bond acceptors (Lipinski definition) is 5. The number of aliphatic hydroxyl groups excluding tert-OH is 1. The molecule has 2 amide bonds. The summed E-state index contributed by atoms with van der Waals surface area (Å²) in [7, 11) is 0. The second-order valence-corrected chi connectivity index (χ2v) is 4.22. The van der Waals surface area contributed by atoms with Gasteiger partial charge in [0.15, 0.2) is 0 Å². The molecule has 1 aromatic rings. The van der Waals surface area contributed by atoms with Crippen molar-refractivity contribution in [1.82, 2.24) is 5.06 Å². The Labute approximate surface area is 113 Å². The number of carbonyl (C=O) groups is 3. The van der Waals surface area contributed by atoms with Crippen LogP contribution in [0.5, 0.6) is 0 Å². The van der Waals surface area contributed by atoms with E-state index in [2.05, 4.69) is 4.84 Å². The van der Waals surface area contributed by atoms with Crippen molar-refractivity contribution >= 4 is 29.4 Å². The molecule has 1 aromatic carbocycles. The number of nitrogens with zero attached hydrogens (tertiary/aromatic N) is 1. The summed E-state index contributed by atoms with van der Waals surface area (Å²) >= 11 is 5.61. The first-order valence-electron chi connectivity index (χ1n) is 5.45. The Kier molecular flexibility index (Phi) is 3.82. The van der Waals surface area contributed by atoms with Gasteiger partial charge in [0.25, 0.3) is 11.8 Å². The van der Waals surface area contributed by atoms with Gasteiger partial charge in [0.1, 0.15) is 6.10 Å². The third kappa shape index (κ3) is 2.74. The van der Waals surface area contributed by atoms with Crippen LogP contribution in [0, 0.1) is 0 Å². The lowest BCUT2D eigenvalue weighted by Crippen LogP contribution is -2.34. The van der Waals surface area contributed by atoms with Crippen molar-refractivity contribution in [3.63, 3.8) is 0 Å². The lowest BCUT2D eigenvalue weighted by Gasteiger charge is -2.12. The van der Waals surface area contributed by atoms with Crippen LogP contribution in [-0.2, 0) is 20.3 Å². The highest BCUT2D eigenvalue weighted by Gasteiger charge is 2.40. The van der Waals surface area contributed by atoms with E-state index in [0.717, 1.165) is 5.56 Å². The summed E-state index contributed by atoms with van der Waals surface area (Å²) in [5.41, 5.74) is 0.998. The largest absolute Gasteiger partial charge is 0.383 e. The number of rotatable bonds is 3. The van der Waals surface area contributed by atoms with Gasteiger partial charge >= 0.3 is 5.97 Å². The molecule has 1 aliphatic rings. The van der Waals surface area contributed by atoms with Crippen LogP contribution in [0.4, 0.5) is 0 Å². The minimum absolute atomic E-state index is 0.177. The normalized spacial score (nSPS) is 18.8. The van der Waals surface area contributed by atoms with Gasteiger partial charge in [-0.1, -0.05) is 17.2 Å². The molecule has 1 heterocycles. The topological polar surface area (TPSA) is 83.9 Å². The van der Waals surface area contributed by atoms with Gasteiger partial charge < -0.3 is 9.94 Å². The monoisotopic (exact) mass is 283 g/mol. The molecular formula is C12H10ClNO5. The van der Waals surface area contributed by atoms with Gasteiger partial charge in [0, 0.05) is 5.88 Å². The second-order valence-electron chi connectivity index (χ2n) is 3.96. The molecule has 19 heavy (non-hydrogen) atoms. The molecule has 1 atom stereocenters. The first-order chi connectivity index (χ1) is 9.02. The van der Waals surface area contributed by atoms with Crippen LogP contribution in [0.3, 0.4) is 0 Å². The van der Waals surface area contributed by atoms with Crippen LogP contribution >= 0.6 is 11.6 Å². The Balaban J connectivity index is 2.08. The highest BCUT2D eigenvalue weighted by Crippen LogP contribution is 2.15. The van der Waals surface area contributed by atoms with E-state index in [1.54, 1.807) is 12.1 Å². The minimum Gasteiger partial charge on any atom is -0.383 e. The third-order valence-electron chi connectivity index (χ3n) is 2.60. The summed E-state index contributed by atoms with van der Waals surface area (Å²) in [4.78, 5) is 39.0. The summed E-state index contributed by atoms with van der Waals surface area (Å²) in [6.07, 6.45) is -1.82. The zero-order valence-corrected chi connectivity index (χ0v) is 10.5. The molecule has 0 spiro atoms. The van der Waals surface area contributed by atoms with E-state index >= 15 is 0 Å². The number of hydroxylamine groups is 2. The van der Waals surface area contributed by atoms with Crippen LogP contribution < -0.4 is 0 Å². The van der Waals surface area contributed by atoms with Crippen molar-refractivity contribution in [2.24, 2.45) is 0 Å². The molecule has 0 aliphatic carbocycles. The summed E-state index contributed by atoms with van der Waals surface area (Å²) in [6, 6.07) is 6.21. The molecule has 0 saturated carbocycles. The van der Waals surface area contributed by atoms with E-state index < -0.39 is 23.9 Å². The van der Waals surface area contributed by atoms with Crippen LogP contribution in [0.1, 0.15) is 22.3 Å². The molecule has 2 rings (SSSR count).